The fourth-order valence-electron chi connectivity index (χ4n) is 1.37. The molecule has 0 radical (unpaired) electrons. The largest absolute Gasteiger partial charge is 0.480 e. The molecule has 80 valence electrons. The zero-order valence-electron chi connectivity index (χ0n) is 7.75. The van der Waals surface area contributed by atoms with Crippen LogP contribution < -0.4 is 9.47 Å². The first-order chi connectivity index (χ1) is 7.22. The molecule has 1 aromatic rings. The lowest BCUT2D eigenvalue weighted by Gasteiger charge is -2.24. The van der Waals surface area contributed by atoms with Gasteiger partial charge in [0.05, 0.1) is 11.5 Å². The average molecular weight is 211 g/mol. The fourth-order valence-corrected chi connectivity index (χ4v) is 1.37. The van der Waals surface area contributed by atoms with Crippen LogP contribution in [0.1, 0.15) is 0 Å². The van der Waals surface area contributed by atoms with Crippen LogP contribution in [0.3, 0.4) is 0 Å². The molecule has 1 heterocycles. The van der Waals surface area contributed by atoms with Crippen LogP contribution in [0.15, 0.2) is 18.2 Å². The Balaban J connectivity index is 2.37. The van der Waals surface area contributed by atoms with Gasteiger partial charge in [-0.05, 0) is 6.07 Å². The summed E-state index contributed by atoms with van der Waals surface area (Å²) in [6.45, 7) is -0.0590. The summed E-state index contributed by atoms with van der Waals surface area (Å²) in [5.41, 5.74) is -0.121. The predicted molar refractivity (Wildman–Crippen MR) is 50.1 cm³/mol. The van der Waals surface area contributed by atoms with Crippen LogP contribution in [0.2, 0.25) is 0 Å². The number of para-hydroxylation sites is 1. The maximum absolute atomic E-state index is 10.6. The number of nitro groups is 1. The Morgan fingerprint density at radius 1 is 1.60 bits per heavy atom. The lowest BCUT2D eigenvalue weighted by atomic mass is 10.2. The second-order valence-electron chi connectivity index (χ2n) is 3.09. The van der Waals surface area contributed by atoms with Crippen molar-refractivity contribution in [2.45, 2.75) is 6.10 Å². The lowest BCUT2D eigenvalue weighted by molar-refractivity contribution is -0.386. The van der Waals surface area contributed by atoms with Crippen molar-refractivity contribution in [2.24, 2.45) is 0 Å². The Hall–Kier alpha value is -1.82. The van der Waals surface area contributed by atoms with Gasteiger partial charge in [0.25, 0.3) is 0 Å². The standard InChI is InChI=1S/C9H9NO5/c11-4-6-5-14-9-7(10(12)13)2-1-3-8(9)15-6/h1-3,6,11H,4-5H2/t6-/m0/s1. The summed E-state index contributed by atoms with van der Waals surface area (Å²) in [5.74, 6) is 0.432. The van der Waals surface area contributed by atoms with E-state index in [1.165, 1.54) is 12.1 Å². The highest BCUT2D eigenvalue weighted by Gasteiger charge is 2.27. The summed E-state index contributed by atoms with van der Waals surface area (Å²) in [5, 5.41) is 19.5. The normalized spacial score (nSPS) is 18.6. The molecular weight excluding hydrogens is 202 g/mol. The van der Waals surface area contributed by atoms with E-state index in [9.17, 15) is 10.1 Å². The van der Waals surface area contributed by atoms with E-state index in [0.717, 1.165) is 0 Å². The van der Waals surface area contributed by atoms with Crippen LogP contribution in [-0.4, -0.2) is 29.3 Å². The van der Waals surface area contributed by atoms with Crippen molar-refractivity contribution in [3.05, 3.63) is 28.3 Å². The van der Waals surface area contributed by atoms with Crippen LogP contribution in [0.4, 0.5) is 5.69 Å². The summed E-state index contributed by atoms with van der Waals surface area (Å²) in [4.78, 5) is 10.1. The molecular formula is C9H9NO5. The molecule has 2 rings (SSSR count). The molecule has 6 heteroatoms. The van der Waals surface area contributed by atoms with Crippen LogP contribution in [0, 0.1) is 10.1 Å². The number of hydrogen-bond acceptors (Lipinski definition) is 5. The van der Waals surface area contributed by atoms with E-state index in [0.29, 0.717) is 5.75 Å². The first-order valence-corrected chi connectivity index (χ1v) is 4.40. The van der Waals surface area contributed by atoms with E-state index >= 15 is 0 Å². The number of ether oxygens (including phenoxy) is 2. The number of hydrogen-bond donors (Lipinski definition) is 1. The Morgan fingerprint density at radius 3 is 3.07 bits per heavy atom. The van der Waals surface area contributed by atoms with Crippen molar-refractivity contribution >= 4 is 5.69 Å². The third-order valence-electron chi connectivity index (χ3n) is 2.07. The summed E-state index contributed by atoms with van der Waals surface area (Å²) < 4.78 is 10.5. The molecule has 0 amide bonds. The number of nitro benzene ring substituents is 1. The molecule has 0 saturated heterocycles. The van der Waals surface area contributed by atoms with Gasteiger partial charge in [-0.25, -0.2) is 0 Å². The Bertz CT molecular complexity index is 392. The molecule has 0 fully saturated rings. The van der Waals surface area contributed by atoms with Gasteiger partial charge in [-0.3, -0.25) is 10.1 Å². The molecule has 1 aromatic carbocycles. The quantitative estimate of drug-likeness (QED) is 0.576. The van der Waals surface area contributed by atoms with E-state index in [1.807, 2.05) is 0 Å². The van der Waals surface area contributed by atoms with Gasteiger partial charge in [-0.1, -0.05) is 6.07 Å². The topological polar surface area (TPSA) is 81.8 Å². The highest BCUT2D eigenvalue weighted by molar-refractivity contribution is 5.56. The highest BCUT2D eigenvalue weighted by Crippen LogP contribution is 2.39. The Labute approximate surface area is 85.2 Å². The van der Waals surface area contributed by atoms with Gasteiger partial charge in [0.1, 0.15) is 6.61 Å². The van der Waals surface area contributed by atoms with Crippen LogP contribution in [-0.2, 0) is 0 Å². The maximum atomic E-state index is 10.6. The summed E-state index contributed by atoms with van der Waals surface area (Å²) in [6, 6.07) is 4.44. The molecule has 0 saturated carbocycles. The van der Waals surface area contributed by atoms with Crippen molar-refractivity contribution < 1.29 is 19.5 Å². The van der Waals surface area contributed by atoms with E-state index in [4.69, 9.17) is 14.6 Å². The monoisotopic (exact) mass is 211 g/mol. The van der Waals surface area contributed by atoms with Crippen molar-refractivity contribution in [1.82, 2.24) is 0 Å². The third kappa shape index (κ3) is 1.71. The smallest absolute Gasteiger partial charge is 0.314 e. The van der Waals surface area contributed by atoms with Gasteiger partial charge in [0, 0.05) is 6.07 Å². The van der Waals surface area contributed by atoms with Gasteiger partial charge >= 0.3 is 5.69 Å². The fraction of sp³-hybridized carbons (Fsp3) is 0.333. The van der Waals surface area contributed by atoms with E-state index in [2.05, 4.69) is 0 Å². The molecule has 0 bridgehead atoms. The van der Waals surface area contributed by atoms with Gasteiger partial charge in [0.2, 0.25) is 5.75 Å². The lowest BCUT2D eigenvalue weighted by Crippen LogP contribution is -2.32. The van der Waals surface area contributed by atoms with E-state index < -0.39 is 11.0 Å². The molecule has 0 unspecified atom stereocenters. The molecule has 1 aliphatic rings. The molecule has 0 aromatic heterocycles. The summed E-state index contributed by atoms with van der Waals surface area (Å²) in [7, 11) is 0. The SMILES string of the molecule is O=[N+]([O-])c1cccc2c1OC[C@H](CO)O2. The molecule has 6 nitrogen and oxygen atoms in total. The van der Waals surface area contributed by atoms with Crippen molar-refractivity contribution in [3.63, 3.8) is 0 Å². The van der Waals surface area contributed by atoms with Gasteiger partial charge < -0.3 is 14.6 Å². The molecule has 0 aliphatic carbocycles. The minimum Gasteiger partial charge on any atom is -0.480 e. The number of benzene rings is 1. The number of fused-ring (bicyclic) bond motifs is 1. The molecule has 1 atom stereocenters. The minimum absolute atomic E-state index is 0.119. The average Bonchev–Trinajstić information content (AvgIpc) is 2.27. The summed E-state index contributed by atoms with van der Waals surface area (Å²) in [6.07, 6.45) is -0.459. The van der Waals surface area contributed by atoms with Crippen LogP contribution in [0.5, 0.6) is 11.5 Å². The number of rotatable bonds is 2. The Morgan fingerprint density at radius 2 is 2.40 bits per heavy atom. The second kappa shape index (κ2) is 3.74. The van der Waals surface area contributed by atoms with Crippen LogP contribution in [0.25, 0.3) is 0 Å². The van der Waals surface area contributed by atoms with Crippen molar-refractivity contribution in [2.75, 3.05) is 13.2 Å². The first-order valence-electron chi connectivity index (χ1n) is 4.40. The summed E-state index contributed by atoms with van der Waals surface area (Å²) >= 11 is 0. The predicted octanol–water partition coefficient (Wildman–Crippen LogP) is 0.727. The van der Waals surface area contributed by atoms with Crippen molar-refractivity contribution in [3.8, 4) is 11.5 Å². The number of aliphatic hydroxyl groups is 1. The van der Waals surface area contributed by atoms with E-state index in [-0.39, 0.29) is 24.7 Å². The van der Waals surface area contributed by atoms with Gasteiger partial charge in [0.15, 0.2) is 11.9 Å². The first kappa shape index (κ1) is 9.72. The maximum Gasteiger partial charge on any atom is 0.314 e. The van der Waals surface area contributed by atoms with Crippen LogP contribution >= 0.6 is 0 Å². The van der Waals surface area contributed by atoms with Gasteiger partial charge in [-0.2, -0.15) is 0 Å². The zero-order chi connectivity index (χ0) is 10.8. The molecule has 15 heavy (non-hydrogen) atoms. The Kier molecular flexibility index (Phi) is 2.42. The number of nitrogens with zero attached hydrogens (tertiary/aromatic N) is 1. The molecule has 0 spiro atoms. The second-order valence-corrected chi connectivity index (χ2v) is 3.09. The molecule has 1 aliphatic heterocycles. The van der Waals surface area contributed by atoms with E-state index in [1.54, 1.807) is 6.07 Å². The van der Waals surface area contributed by atoms with Gasteiger partial charge in [-0.15, -0.1) is 0 Å². The third-order valence-corrected chi connectivity index (χ3v) is 2.07. The minimum atomic E-state index is -0.526. The zero-order valence-corrected chi connectivity index (χ0v) is 7.75. The highest BCUT2D eigenvalue weighted by atomic mass is 16.6. The number of aliphatic hydroxyl groups excluding tert-OH is 1. The molecule has 1 N–H and O–H groups in total. The van der Waals surface area contributed by atoms with Crippen molar-refractivity contribution in [1.29, 1.82) is 0 Å².